The van der Waals surface area contributed by atoms with E-state index < -0.39 is 0 Å². The molecular weight excluding hydrogens is 321 g/mol. The first-order valence-corrected chi connectivity index (χ1v) is 8.47. The highest BCUT2D eigenvalue weighted by Gasteiger charge is 2.23. The number of nitrogens with zero attached hydrogens (tertiary/aromatic N) is 3. The molecule has 1 fully saturated rings. The molecule has 0 bridgehead atoms. The predicted molar refractivity (Wildman–Crippen MR) is 92.6 cm³/mol. The van der Waals surface area contributed by atoms with Crippen molar-refractivity contribution in [1.82, 2.24) is 14.4 Å². The van der Waals surface area contributed by atoms with Gasteiger partial charge in [0.15, 0.2) is 0 Å². The molecule has 2 aromatic rings. The first-order chi connectivity index (χ1) is 12.0. The molecule has 5 nitrogen and oxygen atoms in total. The molecule has 0 unspecified atom stereocenters. The standard InChI is InChI=1S/C19H22FN3O2/c1-21-10-7-16(14-21)19(25)23-9-4-8-22(11-12-23)18(24)13-15-5-2-3-6-17(15)20/h2-3,5-7,10,14H,4,8-9,11-13H2,1H3. The fourth-order valence-corrected chi connectivity index (χ4v) is 3.10. The fraction of sp³-hybridized carbons (Fsp3) is 0.368. The number of rotatable bonds is 3. The number of aromatic nitrogens is 1. The van der Waals surface area contributed by atoms with Gasteiger partial charge in [-0.2, -0.15) is 0 Å². The number of hydrogen-bond acceptors (Lipinski definition) is 2. The van der Waals surface area contributed by atoms with E-state index >= 15 is 0 Å². The number of amides is 2. The Morgan fingerprint density at radius 3 is 2.48 bits per heavy atom. The smallest absolute Gasteiger partial charge is 0.255 e. The number of hydrogen-bond donors (Lipinski definition) is 0. The summed E-state index contributed by atoms with van der Waals surface area (Å²) in [5.41, 5.74) is 1.07. The van der Waals surface area contributed by atoms with Crippen LogP contribution in [0.2, 0.25) is 0 Å². The number of aryl methyl sites for hydroxylation is 1. The van der Waals surface area contributed by atoms with Gasteiger partial charge < -0.3 is 14.4 Å². The van der Waals surface area contributed by atoms with Crippen molar-refractivity contribution in [2.24, 2.45) is 7.05 Å². The lowest BCUT2D eigenvalue weighted by molar-refractivity contribution is -0.130. The average Bonchev–Trinajstić information content (AvgIpc) is 2.89. The van der Waals surface area contributed by atoms with E-state index in [-0.39, 0.29) is 24.1 Å². The molecule has 0 atom stereocenters. The minimum absolute atomic E-state index is 0.0102. The molecular formula is C19H22FN3O2. The van der Waals surface area contributed by atoms with E-state index in [1.807, 2.05) is 17.8 Å². The molecule has 1 aromatic carbocycles. The van der Waals surface area contributed by atoms with Crippen molar-refractivity contribution in [2.45, 2.75) is 12.8 Å². The Morgan fingerprint density at radius 2 is 1.76 bits per heavy atom. The Bertz CT molecular complexity index is 772. The van der Waals surface area contributed by atoms with Crippen molar-refractivity contribution < 1.29 is 14.0 Å². The van der Waals surface area contributed by atoms with Crippen LogP contribution in [-0.4, -0.2) is 52.4 Å². The number of halogens is 1. The summed E-state index contributed by atoms with van der Waals surface area (Å²) in [5, 5.41) is 0. The maximum absolute atomic E-state index is 13.7. The van der Waals surface area contributed by atoms with Crippen molar-refractivity contribution >= 4 is 11.8 Å². The Labute approximate surface area is 146 Å². The Kier molecular flexibility index (Phi) is 5.16. The van der Waals surface area contributed by atoms with Crippen molar-refractivity contribution in [2.75, 3.05) is 26.2 Å². The zero-order valence-electron chi connectivity index (χ0n) is 14.3. The van der Waals surface area contributed by atoms with Crippen LogP contribution in [0.3, 0.4) is 0 Å². The van der Waals surface area contributed by atoms with Crippen LogP contribution in [0, 0.1) is 5.82 Å². The quantitative estimate of drug-likeness (QED) is 0.857. The van der Waals surface area contributed by atoms with E-state index in [0.717, 1.165) is 6.42 Å². The van der Waals surface area contributed by atoms with Crippen molar-refractivity contribution in [3.8, 4) is 0 Å². The van der Waals surface area contributed by atoms with Gasteiger partial charge >= 0.3 is 0 Å². The van der Waals surface area contributed by atoms with Gasteiger partial charge in [0, 0.05) is 45.6 Å². The fourth-order valence-electron chi connectivity index (χ4n) is 3.10. The Morgan fingerprint density at radius 1 is 1.04 bits per heavy atom. The lowest BCUT2D eigenvalue weighted by Crippen LogP contribution is -2.38. The van der Waals surface area contributed by atoms with Crippen molar-refractivity contribution in [1.29, 1.82) is 0 Å². The summed E-state index contributed by atoms with van der Waals surface area (Å²) in [6, 6.07) is 8.15. The van der Waals surface area contributed by atoms with Crippen LogP contribution < -0.4 is 0 Å². The van der Waals surface area contributed by atoms with Gasteiger partial charge in [0.2, 0.25) is 5.91 Å². The predicted octanol–water partition coefficient (Wildman–Crippen LogP) is 2.08. The third kappa shape index (κ3) is 4.07. The molecule has 0 aliphatic carbocycles. The molecule has 1 aliphatic rings. The first kappa shape index (κ1) is 17.2. The monoisotopic (exact) mass is 343 g/mol. The lowest BCUT2D eigenvalue weighted by atomic mass is 10.1. The van der Waals surface area contributed by atoms with Crippen LogP contribution in [0.1, 0.15) is 22.3 Å². The van der Waals surface area contributed by atoms with Gasteiger partial charge in [-0.05, 0) is 24.1 Å². The van der Waals surface area contributed by atoms with Gasteiger partial charge in [0.1, 0.15) is 5.82 Å². The van der Waals surface area contributed by atoms with Gasteiger partial charge in [-0.15, -0.1) is 0 Å². The molecule has 0 saturated carbocycles. The molecule has 1 aliphatic heterocycles. The lowest BCUT2D eigenvalue weighted by Gasteiger charge is -2.22. The summed E-state index contributed by atoms with van der Waals surface area (Å²) in [6.07, 6.45) is 4.42. The summed E-state index contributed by atoms with van der Waals surface area (Å²) in [6.45, 7) is 2.19. The second-order valence-corrected chi connectivity index (χ2v) is 6.36. The minimum atomic E-state index is -0.355. The zero-order chi connectivity index (χ0) is 17.8. The van der Waals surface area contributed by atoms with Gasteiger partial charge in [-0.3, -0.25) is 9.59 Å². The van der Waals surface area contributed by atoms with E-state index in [2.05, 4.69) is 0 Å². The summed E-state index contributed by atoms with van der Waals surface area (Å²) in [4.78, 5) is 28.5. The van der Waals surface area contributed by atoms with Gasteiger partial charge in [-0.1, -0.05) is 18.2 Å². The third-order valence-electron chi connectivity index (χ3n) is 4.51. The van der Waals surface area contributed by atoms with Crippen LogP contribution >= 0.6 is 0 Å². The normalized spacial score (nSPS) is 15.1. The first-order valence-electron chi connectivity index (χ1n) is 8.47. The van der Waals surface area contributed by atoms with E-state index in [0.29, 0.717) is 37.3 Å². The number of carbonyl (C=O) groups excluding carboxylic acids is 2. The Balaban J connectivity index is 1.60. The maximum atomic E-state index is 13.7. The van der Waals surface area contributed by atoms with Crippen LogP contribution in [0.25, 0.3) is 0 Å². The van der Waals surface area contributed by atoms with Crippen molar-refractivity contribution in [3.63, 3.8) is 0 Å². The van der Waals surface area contributed by atoms with Gasteiger partial charge in [-0.25, -0.2) is 4.39 Å². The molecule has 0 spiro atoms. The highest BCUT2D eigenvalue weighted by molar-refractivity contribution is 5.94. The molecule has 132 valence electrons. The highest BCUT2D eigenvalue weighted by Crippen LogP contribution is 2.13. The second-order valence-electron chi connectivity index (χ2n) is 6.36. The molecule has 6 heteroatoms. The van der Waals surface area contributed by atoms with E-state index in [1.54, 1.807) is 40.3 Å². The number of benzene rings is 1. The van der Waals surface area contributed by atoms with Gasteiger partial charge in [0.25, 0.3) is 5.91 Å². The number of carbonyl (C=O) groups is 2. The van der Waals surface area contributed by atoms with Gasteiger partial charge in [0.05, 0.1) is 12.0 Å². The molecule has 3 rings (SSSR count). The topological polar surface area (TPSA) is 45.6 Å². The second kappa shape index (κ2) is 7.51. The average molecular weight is 343 g/mol. The zero-order valence-corrected chi connectivity index (χ0v) is 14.3. The highest BCUT2D eigenvalue weighted by atomic mass is 19.1. The van der Waals surface area contributed by atoms with Crippen LogP contribution in [0.5, 0.6) is 0 Å². The van der Waals surface area contributed by atoms with Crippen LogP contribution in [0.15, 0.2) is 42.7 Å². The van der Waals surface area contributed by atoms with E-state index in [4.69, 9.17) is 0 Å². The summed E-state index contributed by atoms with van der Waals surface area (Å²) >= 11 is 0. The third-order valence-corrected chi connectivity index (χ3v) is 4.51. The SMILES string of the molecule is Cn1ccc(C(=O)N2CCCN(C(=O)Cc3ccccc3F)CC2)c1. The molecule has 2 amide bonds. The summed E-state index contributed by atoms with van der Waals surface area (Å²) in [5.74, 6) is -0.463. The summed E-state index contributed by atoms with van der Waals surface area (Å²) in [7, 11) is 1.88. The van der Waals surface area contributed by atoms with E-state index in [1.165, 1.54) is 6.07 Å². The molecule has 25 heavy (non-hydrogen) atoms. The van der Waals surface area contributed by atoms with Crippen LogP contribution in [0.4, 0.5) is 4.39 Å². The molecule has 2 heterocycles. The van der Waals surface area contributed by atoms with Crippen LogP contribution in [-0.2, 0) is 18.3 Å². The molecule has 0 N–H and O–H groups in total. The molecule has 1 aromatic heterocycles. The largest absolute Gasteiger partial charge is 0.356 e. The summed E-state index contributed by atoms with van der Waals surface area (Å²) < 4.78 is 15.6. The maximum Gasteiger partial charge on any atom is 0.255 e. The minimum Gasteiger partial charge on any atom is -0.356 e. The molecule has 0 radical (unpaired) electrons. The van der Waals surface area contributed by atoms with Crippen molar-refractivity contribution in [3.05, 3.63) is 59.7 Å². The Hall–Kier alpha value is -2.63. The van der Waals surface area contributed by atoms with E-state index in [9.17, 15) is 14.0 Å². The molecule has 1 saturated heterocycles.